The summed E-state index contributed by atoms with van der Waals surface area (Å²) in [6.45, 7) is 2.57. The molecule has 2 aliphatic heterocycles. The van der Waals surface area contributed by atoms with Crippen LogP contribution in [0.4, 0.5) is 0 Å². The minimum Gasteiger partial charge on any atom is -0.481 e. The number of ketones is 1. The maximum absolute atomic E-state index is 13.2. The van der Waals surface area contributed by atoms with E-state index in [0.717, 1.165) is 12.8 Å². The lowest BCUT2D eigenvalue weighted by Gasteiger charge is -2.23. The van der Waals surface area contributed by atoms with E-state index in [1.807, 2.05) is 6.08 Å². The largest absolute Gasteiger partial charge is 0.481 e. The van der Waals surface area contributed by atoms with Crippen LogP contribution < -0.4 is 0 Å². The van der Waals surface area contributed by atoms with Gasteiger partial charge in [-0.25, -0.2) is 0 Å². The Balaban J connectivity index is 2.01. The van der Waals surface area contributed by atoms with Gasteiger partial charge in [0.05, 0.1) is 10.9 Å². The van der Waals surface area contributed by atoms with E-state index in [1.165, 1.54) is 0 Å². The number of aromatic nitrogens is 1. The lowest BCUT2D eigenvalue weighted by atomic mass is 9.87. The van der Waals surface area contributed by atoms with Gasteiger partial charge >= 0.3 is 5.97 Å². The summed E-state index contributed by atoms with van der Waals surface area (Å²) in [5, 5.41) is 9.62. The first-order valence-electron chi connectivity index (χ1n) is 7.90. The molecule has 3 heterocycles. The highest BCUT2D eigenvalue weighted by Gasteiger charge is 2.42. The van der Waals surface area contributed by atoms with Crippen molar-refractivity contribution in [2.75, 3.05) is 0 Å². The summed E-state index contributed by atoms with van der Waals surface area (Å²) in [7, 11) is 0. The SMILES string of the molecule is CCCCC1(C(=O)c2c(Cl)cc3n2CCC3C(=O)O)C=CC=N1. The van der Waals surface area contributed by atoms with Crippen LogP contribution in [0.2, 0.25) is 5.02 Å². The second-order valence-electron chi connectivity index (χ2n) is 6.09. The second-order valence-corrected chi connectivity index (χ2v) is 6.50. The third-order valence-corrected chi connectivity index (χ3v) is 4.95. The molecule has 2 atom stereocenters. The van der Waals surface area contributed by atoms with Crippen LogP contribution in [0, 0.1) is 0 Å². The molecule has 0 fully saturated rings. The van der Waals surface area contributed by atoms with E-state index in [4.69, 9.17) is 11.6 Å². The normalized spacial score (nSPS) is 25.0. The van der Waals surface area contributed by atoms with Gasteiger partial charge in [0.2, 0.25) is 5.78 Å². The summed E-state index contributed by atoms with van der Waals surface area (Å²) in [6, 6.07) is 1.62. The first-order valence-corrected chi connectivity index (χ1v) is 8.27. The Morgan fingerprint density at radius 1 is 1.52 bits per heavy atom. The Bertz CT molecular complexity index is 706. The van der Waals surface area contributed by atoms with Crippen molar-refractivity contribution in [3.63, 3.8) is 0 Å². The van der Waals surface area contributed by atoms with E-state index in [-0.39, 0.29) is 5.78 Å². The number of hydrogen-bond donors (Lipinski definition) is 1. The molecular formula is C17H19ClN2O3. The number of hydrogen-bond acceptors (Lipinski definition) is 3. The molecule has 0 aliphatic carbocycles. The Kier molecular flexibility index (Phi) is 4.15. The number of halogens is 1. The van der Waals surface area contributed by atoms with E-state index in [1.54, 1.807) is 22.9 Å². The molecule has 6 heteroatoms. The van der Waals surface area contributed by atoms with Crippen molar-refractivity contribution < 1.29 is 14.7 Å². The number of carboxylic acid groups (broad SMARTS) is 1. The average Bonchev–Trinajstić information content (AvgIpc) is 3.19. The van der Waals surface area contributed by atoms with Gasteiger partial charge in [-0.2, -0.15) is 0 Å². The van der Waals surface area contributed by atoms with Crippen molar-refractivity contribution in [2.24, 2.45) is 4.99 Å². The number of nitrogens with zero attached hydrogens (tertiary/aromatic N) is 2. The van der Waals surface area contributed by atoms with Crippen LogP contribution in [0.15, 0.2) is 23.2 Å². The summed E-state index contributed by atoms with van der Waals surface area (Å²) in [5.41, 5.74) is 0.114. The maximum atomic E-state index is 13.2. The second kappa shape index (κ2) is 5.96. The molecule has 2 aliphatic rings. The van der Waals surface area contributed by atoms with Crippen molar-refractivity contribution in [3.05, 3.63) is 34.6 Å². The van der Waals surface area contributed by atoms with E-state index in [0.29, 0.717) is 35.8 Å². The van der Waals surface area contributed by atoms with Crippen molar-refractivity contribution in [2.45, 2.75) is 50.6 Å². The quantitative estimate of drug-likeness (QED) is 0.810. The molecule has 0 bridgehead atoms. The standard InChI is InChI=1S/C17H19ClN2O3/c1-2-3-6-17(7-4-8-19-17)15(21)14-12(18)10-13-11(16(22)23)5-9-20(13)14/h4,7-8,10-11H,2-3,5-6,9H2,1H3,(H,22,23). The van der Waals surface area contributed by atoms with Gasteiger partial charge in [-0.1, -0.05) is 31.4 Å². The number of rotatable bonds is 6. The number of fused-ring (bicyclic) bond motifs is 1. The van der Waals surface area contributed by atoms with Crippen LogP contribution in [0.1, 0.15) is 54.7 Å². The van der Waals surface area contributed by atoms with E-state index >= 15 is 0 Å². The van der Waals surface area contributed by atoms with Crippen LogP contribution in [-0.4, -0.2) is 33.2 Å². The molecule has 0 saturated carbocycles. The van der Waals surface area contributed by atoms with Gasteiger partial charge in [0.15, 0.2) is 0 Å². The number of carbonyl (C=O) groups is 2. The predicted molar refractivity (Wildman–Crippen MR) is 88.7 cm³/mol. The number of carbonyl (C=O) groups excluding carboxylic acids is 1. The van der Waals surface area contributed by atoms with Crippen LogP contribution in [0.25, 0.3) is 0 Å². The molecule has 3 rings (SSSR count). The first-order chi connectivity index (χ1) is 11.0. The highest BCUT2D eigenvalue weighted by Crippen LogP contribution is 2.38. The summed E-state index contributed by atoms with van der Waals surface area (Å²) >= 11 is 6.29. The maximum Gasteiger partial charge on any atom is 0.312 e. The molecule has 23 heavy (non-hydrogen) atoms. The predicted octanol–water partition coefficient (Wildman–Crippen LogP) is 3.47. The Labute approximate surface area is 139 Å². The highest BCUT2D eigenvalue weighted by atomic mass is 35.5. The number of unbranched alkanes of at least 4 members (excludes halogenated alkanes) is 1. The minimum absolute atomic E-state index is 0.141. The molecule has 0 aromatic carbocycles. The molecule has 0 saturated heterocycles. The molecular weight excluding hydrogens is 316 g/mol. The van der Waals surface area contributed by atoms with Crippen LogP contribution >= 0.6 is 11.6 Å². The molecule has 1 aromatic rings. The lowest BCUT2D eigenvalue weighted by molar-refractivity contribution is -0.138. The number of allylic oxidation sites excluding steroid dienone is 1. The van der Waals surface area contributed by atoms with E-state index in [2.05, 4.69) is 11.9 Å². The topological polar surface area (TPSA) is 71.7 Å². The van der Waals surface area contributed by atoms with Gasteiger partial charge in [0.25, 0.3) is 0 Å². The zero-order valence-corrected chi connectivity index (χ0v) is 13.7. The number of aliphatic carboxylic acids is 1. The molecule has 0 amide bonds. The lowest BCUT2D eigenvalue weighted by Crippen LogP contribution is -2.35. The molecule has 5 nitrogen and oxygen atoms in total. The van der Waals surface area contributed by atoms with Gasteiger partial charge in [-0.15, -0.1) is 0 Å². The molecule has 0 spiro atoms. The zero-order chi connectivity index (χ0) is 16.6. The fraction of sp³-hybridized carbons (Fsp3) is 0.471. The summed E-state index contributed by atoms with van der Waals surface area (Å²) in [4.78, 5) is 28.9. The van der Waals surface area contributed by atoms with Crippen molar-refractivity contribution in [1.82, 2.24) is 4.57 Å². The minimum atomic E-state index is -0.893. The molecule has 2 unspecified atom stereocenters. The fourth-order valence-corrected chi connectivity index (χ4v) is 3.72. The van der Waals surface area contributed by atoms with Crippen molar-refractivity contribution in [1.29, 1.82) is 0 Å². The smallest absolute Gasteiger partial charge is 0.312 e. The molecule has 1 aromatic heterocycles. The van der Waals surface area contributed by atoms with Crippen LogP contribution in [0.5, 0.6) is 0 Å². The molecule has 122 valence electrons. The van der Waals surface area contributed by atoms with Gasteiger partial charge in [0.1, 0.15) is 11.2 Å². The number of Topliss-reactive ketones (excluding diaryl/α,β-unsaturated/α-hetero) is 1. The van der Waals surface area contributed by atoms with E-state index in [9.17, 15) is 14.7 Å². The molecule has 0 radical (unpaired) electrons. The Morgan fingerprint density at radius 3 is 2.91 bits per heavy atom. The van der Waals surface area contributed by atoms with Crippen molar-refractivity contribution >= 4 is 29.6 Å². The van der Waals surface area contributed by atoms with Crippen LogP contribution in [-0.2, 0) is 11.3 Å². The fourth-order valence-electron chi connectivity index (χ4n) is 3.42. The summed E-state index contributed by atoms with van der Waals surface area (Å²) in [5.74, 6) is -1.61. The molecule has 1 N–H and O–H groups in total. The average molecular weight is 335 g/mol. The van der Waals surface area contributed by atoms with Gasteiger partial charge in [-0.05, 0) is 31.1 Å². The third-order valence-electron chi connectivity index (χ3n) is 4.66. The van der Waals surface area contributed by atoms with E-state index < -0.39 is 17.4 Å². The third kappa shape index (κ3) is 2.53. The summed E-state index contributed by atoms with van der Waals surface area (Å²) in [6.07, 6.45) is 8.24. The van der Waals surface area contributed by atoms with Crippen LogP contribution in [0.3, 0.4) is 0 Å². The Hall–Kier alpha value is -1.88. The highest BCUT2D eigenvalue weighted by molar-refractivity contribution is 6.34. The zero-order valence-electron chi connectivity index (χ0n) is 13.0. The van der Waals surface area contributed by atoms with Gasteiger partial charge in [-0.3, -0.25) is 14.6 Å². The monoisotopic (exact) mass is 334 g/mol. The van der Waals surface area contributed by atoms with Gasteiger partial charge < -0.3 is 9.67 Å². The number of aliphatic imine (C=N–C) groups is 1. The first kappa shape index (κ1) is 16.0. The Morgan fingerprint density at radius 2 is 2.30 bits per heavy atom. The van der Waals surface area contributed by atoms with Gasteiger partial charge in [0, 0.05) is 18.5 Å². The number of carboxylic acids is 1. The summed E-state index contributed by atoms with van der Waals surface area (Å²) < 4.78 is 1.76. The van der Waals surface area contributed by atoms with Crippen molar-refractivity contribution in [3.8, 4) is 0 Å².